The first kappa shape index (κ1) is 13.6. The molecule has 0 aliphatic heterocycles. The highest BCUT2D eigenvalue weighted by Crippen LogP contribution is 2.15. The second kappa shape index (κ2) is 4.59. The Balaban J connectivity index is 2.55. The number of hydrogen-bond acceptors (Lipinski definition) is 4. The minimum Gasteiger partial charge on any atom is -0.395 e. The van der Waals surface area contributed by atoms with Gasteiger partial charge in [-0.1, -0.05) is 0 Å². The van der Waals surface area contributed by atoms with Crippen LogP contribution in [0.2, 0.25) is 0 Å². The largest absolute Gasteiger partial charge is 0.395 e. The quantitative estimate of drug-likeness (QED) is 0.703. The van der Waals surface area contributed by atoms with E-state index in [2.05, 4.69) is 4.98 Å². The molecule has 0 spiro atoms. The van der Waals surface area contributed by atoms with E-state index < -0.39 is 0 Å². The van der Waals surface area contributed by atoms with Gasteiger partial charge in [-0.05, 0) is 13.8 Å². The molecule has 8 heteroatoms. The van der Waals surface area contributed by atoms with Crippen LogP contribution in [0.3, 0.4) is 0 Å². The molecule has 0 aliphatic carbocycles. The highest BCUT2D eigenvalue weighted by Gasteiger charge is 2.19. The van der Waals surface area contributed by atoms with E-state index in [9.17, 15) is 9.59 Å². The maximum Gasteiger partial charge on any atom is 0.332 e. The standard InChI is InChI=1S/C13H17N5O3/c1-4-16-11(20)9-10(15(3)13(16)21)14-12-17(5-6-19)8(2)7-18(9)12/h7,19H,4-6H2,1-3H3. The van der Waals surface area contributed by atoms with Crippen LogP contribution in [0.1, 0.15) is 12.6 Å². The number of rotatable bonds is 3. The summed E-state index contributed by atoms with van der Waals surface area (Å²) in [5, 5.41) is 9.15. The van der Waals surface area contributed by atoms with Crippen molar-refractivity contribution in [3.05, 3.63) is 32.7 Å². The van der Waals surface area contributed by atoms with Crippen molar-refractivity contribution >= 4 is 16.9 Å². The van der Waals surface area contributed by atoms with Gasteiger partial charge in [0.05, 0.1) is 6.61 Å². The van der Waals surface area contributed by atoms with Crippen molar-refractivity contribution in [2.75, 3.05) is 6.61 Å². The second-order valence-electron chi connectivity index (χ2n) is 4.99. The lowest BCUT2D eigenvalue weighted by Gasteiger charge is -2.04. The Morgan fingerprint density at radius 1 is 1.29 bits per heavy atom. The number of aryl methyl sites for hydroxylation is 2. The maximum absolute atomic E-state index is 12.5. The fourth-order valence-corrected chi connectivity index (χ4v) is 2.71. The molecule has 0 saturated heterocycles. The van der Waals surface area contributed by atoms with Crippen LogP contribution in [0.5, 0.6) is 0 Å². The summed E-state index contributed by atoms with van der Waals surface area (Å²) in [4.78, 5) is 29.1. The van der Waals surface area contributed by atoms with Crippen molar-refractivity contribution in [2.24, 2.45) is 7.05 Å². The van der Waals surface area contributed by atoms with E-state index in [1.807, 2.05) is 11.5 Å². The van der Waals surface area contributed by atoms with E-state index in [4.69, 9.17) is 5.11 Å². The number of aliphatic hydroxyl groups is 1. The molecule has 3 heterocycles. The molecule has 0 radical (unpaired) electrons. The Bertz CT molecular complexity index is 956. The van der Waals surface area contributed by atoms with Crippen LogP contribution in [-0.2, 0) is 20.1 Å². The van der Waals surface area contributed by atoms with Crippen LogP contribution in [0.15, 0.2) is 15.8 Å². The first-order chi connectivity index (χ1) is 10.0. The first-order valence-electron chi connectivity index (χ1n) is 6.79. The third-order valence-electron chi connectivity index (χ3n) is 3.78. The minimum atomic E-state index is -0.374. The van der Waals surface area contributed by atoms with E-state index in [1.54, 1.807) is 24.6 Å². The van der Waals surface area contributed by atoms with E-state index in [1.165, 1.54) is 9.13 Å². The molecule has 8 nitrogen and oxygen atoms in total. The van der Waals surface area contributed by atoms with Crippen molar-refractivity contribution in [2.45, 2.75) is 26.9 Å². The van der Waals surface area contributed by atoms with E-state index in [0.717, 1.165) is 5.69 Å². The van der Waals surface area contributed by atoms with E-state index >= 15 is 0 Å². The van der Waals surface area contributed by atoms with Crippen molar-refractivity contribution in [1.82, 2.24) is 23.1 Å². The fourth-order valence-electron chi connectivity index (χ4n) is 2.71. The molecule has 1 N–H and O–H groups in total. The average Bonchev–Trinajstić information content (AvgIpc) is 2.95. The van der Waals surface area contributed by atoms with Crippen LogP contribution < -0.4 is 11.2 Å². The van der Waals surface area contributed by atoms with Crippen LogP contribution in [-0.4, -0.2) is 34.8 Å². The molecule has 21 heavy (non-hydrogen) atoms. The summed E-state index contributed by atoms with van der Waals surface area (Å²) >= 11 is 0. The molecule has 0 amide bonds. The van der Waals surface area contributed by atoms with E-state index in [0.29, 0.717) is 30.0 Å². The van der Waals surface area contributed by atoms with E-state index in [-0.39, 0.29) is 17.9 Å². The van der Waals surface area contributed by atoms with Crippen molar-refractivity contribution in [1.29, 1.82) is 0 Å². The number of imidazole rings is 2. The normalized spacial score (nSPS) is 11.8. The minimum absolute atomic E-state index is 0.0213. The molecule has 0 aromatic carbocycles. The number of aliphatic hydroxyl groups excluding tert-OH is 1. The Labute approximate surface area is 119 Å². The zero-order chi connectivity index (χ0) is 15.3. The second-order valence-corrected chi connectivity index (χ2v) is 4.99. The SMILES string of the molecule is CCn1c(=O)c2c(nc3n(CCO)c(C)cn23)n(C)c1=O. The van der Waals surface area contributed by atoms with Gasteiger partial charge in [-0.2, -0.15) is 4.98 Å². The van der Waals surface area contributed by atoms with Gasteiger partial charge in [0.1, 0.15) is 0 Å². The van der Waals surface area contributed by atoms with Gasteiger partial charge in [-0.25, -0.2) is 4.79 Å². The van der Waals surface area contributed by atoms with Gasteiger partial charge in [-0.3, -0.25) is 18.3 Å². The summed E-state index contributed by atoms with van der Waals surface area (Å²) in [6, 6.07) is 0. The van der Waals surface area contributed by atoms with Crippen molar-refractivity contribution in [3.63, 3.8) is 0 Å². The number of hydrogen-bond donors (Lipinski definition) is 1. The molecule has 3 aromatic heterocycles. The Hall–Kier alpha value is -2.35. The summed E-state index contributed by atoms with van der Waals surface area (Å²) < 4.78 is 6.08. The molecule has 112 valence electrons. The molecule has 3 rings (SSSR count). The Morgan fingerprint density at radius 3 is 2.62 bits per heavy atom. The highest BCUT2D eigenvalue weighted by atomic mass is 16.3. The summed E-state index contributed by atoms with van der Waals surface area (Å²) in [7, 11) is 1.60. The number of fused-ring (bicyclic) bond motifs is 3. The summed E-state index contributed by atoms with van der Waals surface area (Å²) in [5.74, 6) is 0.553. The fraction of sp³-hybridized carbons (Fsp3) is 0.462. The molecular weight excluding hydrogens is 274 g/mol. The Kier molecular flexibility index (Phi) is 2.98. The predicted molar refractivity (Wildman–Crippen MR) is 77.7 cm³/mol. The van der Waals surface area contributed by atoms with Gasteiger partial charge in [0, 0.05) is 32.0 Å². The van der Waals surface area contributed by atoms with Crippen molar-refractivity contribution in [3.8, 4) is 0 Å². The van der Waals surface area contributed by atoms with Gasteiger partial charge >= 0.3 is 5.69 Å². The zero-order valence-electron chi connectivity index (χ0n) is 12.2. The van der Waals surface area contributed by atoms with Gasteiger partial charge in [0.2, 0.25) is 5.78 Å². The number of aromatic nitrogens is 5. The topological polar surface area (TPSA) is 86.5 Å². The lowest BCUT2D eigenvalue weighted by molar-refractivity contribution is 0.276. The molecule has 0 aliphatic rings. The lowest BCUT2D eigenvalue weighted by Crippen LogP contribution is -2.38. The van der Waals surface area contributed by atoms with Gasteiger partial charge < -0.3 is 9.67 Å². The van der Waals surface area contributed by atoms with Gasteiger partial charge in [-0.15, -0.1) is 0 Å². The smallest absolute Gasteiger partial charge is 0.332 e. The molecular formula is C13H17N5O3. The monoisotopic (exact) mass is 291 g/mol. The lowest BCUT2D eigenvalue weighted by atomic mass is 10.4. The molecule has 0 atom stereocenters. The summed E-state index contributed by atoms with van der Waals surface area (Å²) in [5.41, 5.74) is 0.917. The maximum atomic E-state index is 12.5. The highest BCUT2D eigenvalue weighted by molar-refractivity contribution is 5.75. The van der Waals surface area contributed by atoms with Crippen molar-refractivity contribution < 1.29 is 5.11 Å². The van der Waals surface area contributed by atoms with Crippen LogP contribution in [0, 0.1) is 6.92 Å². The van der Waals surface area contributed by atoms with Gasteiger partial charge in [0.25, 0.3) is 5.56 Å². The van der Waals surface area contributed by atoms with Crippen LogP contribution >= 0.6 is 0 Å². The predicted octanol–water partition coefficient (Wildman–Crippen LogP) is -0.530. The first-order valence-corrected chi connectivity index (χ1v) is 6.79. The third kappa shape index (κ3) is 1.69. The van der Waals surface area contributed by atoms with Gasteiger partial charge in [0.15, 0.2) is 11.2 Å². The molecule has 0 saturated carbocycles. The molecule has 0 bridgehead atoms. The molecule has 3 aromatic rings. The average molecular weight is 291 g/mol. The third-order valence-corrected chi connectivity index (χ3v) is 3.78. The Morgan fingerprint density at radius 2 is 2.00 bits per heavy atom. The zero-order valence-corrected chi connectivity index (χ0v) is 12.2. The van der Waals surface area contributed by atoms with Crippen LogP contribution in [0.25, 0.3) is 16.9 Å². The van der Waals surface area contributed by atoms with Crippen LogP contribution in [0.4, 0.5) is 0 Å². The molecule has 0 unspecified atom stereocenters. The number of nitrogens with zero attached hydrogens (tertiary/aromatic N) is 5. The summed E-state index contributed by atoms with van der Waals surface area (Å²) in [6.07, 6.45) is 1.80. The summed E-state index contributed by atoms with van der Waals surface area (Å²) in [6.45, 7) is 4.32. The molecule has 0 fully saturated rings.